The minimum atomic E-state index is -0.316. The van der Waals surface area contributed by atoms with E-state index in [9.17, 15) is 9.90 Å². The molecule has 0 aliphatic heterocycles. The van der Waals surface area contributed by atoms with E-state index in [4.69, 9.17) is 4.74 Å². The minimum absolute atomic E-state index is 0.00292. The summed E-state index contributed by atoms with van der Waals surface area (Å²) in [5.41, 5.74) is 2.39. The Morgan fingerprint density at radius 1 is 1.37 bits per heavy atom. The van der Waals surface area contributed by atoms with Crippen molar-refractivity contribution in [2.45, 2.75) is 13.5 Å². The van der Waals surface area contributed by atoms with Crippen molar-refractivity contribution in [1.82, 2.24) is 0 Å². The summed E-state index contributed by atoms with van der Waals surface area (Å²) in [6.45, 7) is 2.15. The highest BCUT2D eigenvalue weighted by Gasteiger charge is 2.11. The van der Waals surface area contributed by atoms with E-state index in [2.05, 4.69) is 15.9 Å². The van der Waals surface area contributed by atoms with Crippen molar-refractivity contribution in [3.05, 3.63) is 45.2 Å². The Kier molecular flexibility index (Phi) is 4.74. The number of thiophene rings is 1. The molecule has 2 aromatic rings. The molecule has 2 rings (SSSR count). The lowest BCUT2D eigenvalue weighted by molar-refractivity contribution is 0.0526. The van der Waals surface area contributed by atoms with Crippen LogP contribution < -0.4 is 0 Å². The van der Waals surface area contributed by atoms with Crippen LogP contribution >= 0.6 is 27.3 Å². The van der Waals surface area contributed by atoms with Crippen LogP contribution in [0, 0.1) is 0 Å². The summed E-state index contributed by atoms with van der Waals surface area (Å²) in [5.74, 6) is -0.316. The summed E-state index contributed by atoms with van der Waals surface area (Å²) in [4.78, 5) is 12.6. The first kappa shape index (κ1) is 14.2. The van der Waals surface area contributed by atoms with E-state index < -0.39 is 0 Å². The van der Waals surface area contributed by atoms with Gasteiger partial charge in [0, 0.05) is 4.88 Å². The van der Waals surface area contributed by atoms with Crippen molar-refractivity contribution < 1.29 is 14.6 Å². The van der Waals surface area contributed by atoms with Crippen LogP contribution in [0.5, 0.6) is 0 Å². The van der Waals surface area contributed by atoms with E-state index in [1.807, 2.05) is 18.2 Å². The van der Waals surface area contributed by atoms with Gasteiger partial charge in [-0.3, -0.25) is 0 Å². The lowest BCUT2D eigenvalue weighted by Crippen LogP contribution is -2.03. The first-order valence-corrected chi connectivity index (χ1v) is 7.43. The second-order valence-corrected chi connectivity index (χ2v) is 6.29. The van der Waals surface area contributed by atoms with Crippen LogP contribution in [0.15, 0.2) is 34.1 Å². The van der Waals surface area contributed by atoms with Gasteiger partial charge in [0.2, 0.25) is 0 Å². The third kappa shape index (κ3) is 3.23. The Labute approximate surface area is 124 Å². The Morgan fingerprint density at radius 2 is 2.05 bits per heavy atom. The monoisotopic (exact) mass is 340 g/mol. The minimum Gasteiger partial charge on any atom is -0.462 e. The normalized spacial score (nSPS) is 10.5. The molecule has 0 spiro atoms. The summed E-state index contributed by atoms with van der Waals surface area (Å²) < 4.78 is 5.91. The van der Waals surface area contributed by atoms with Gasteiger partial charge in [-0.25, -0.2) is 4.79 Å². The Bertz CT molecular complexity index is 575. The van der Waals surface area contributed by atoms with Crippen molar-refractivity contribution in [1.29, 1.82) is 0 Å². The van der Waals surface area contributed by atoms with Crippen molar-refractivity contribution in [2.75, 3.05) is 6.61 Å². The van der Waals surface area contributed by atoms with Gasteiger partial charge in [-0.05, 0) is 52.2 Å². The molecule has 3 nitrogen and oxygen atoms in total. The summed E-state index contributed by atoms with van der Waals surface area (Å²) in [5, 5.41) is 9.32. The van der Waals surface area contributed by atoms with Gasteiger partial charge in [-0.15, -0.1) is 11.3 Å². The van der Waals surface area contributed by atoms with E-state index in [0.717, 1.165) is 19.8 Å². The van der Waals surface area contributed by atoms with Crippen molar-refractivity contribution in [2.24, 2.45) is 0 Å². The van der Waals surface area contributed by atoms with Crippen molar-refractivity contribution in [3.8, 4) is 10.4 Å². The summed E-state index contributed by atoms with van der Waals surface area (Å²) in [7, 11) is 0. The molecule has 5 heteroatoms. The fraction of sp³-hybridized carbons (Fsp3) is 0.214. The predicted octanol–water partition coefficient (Wildman–Crippen LogP) is 3.85. The molecule has 19 heavy (non-hydrogen) atoms. The number of aliphatic hydroxyl groups is 1. The zero-order valence-corrected chi connectivity index (χ0v) is 12.8. The summed E-state index contributed by atoms with van der Waals surface area (Å²) in [6, 6.07) is 9.11. The largest absolute Gasteiger partial charge is 0.462 e. The van der Waals surface area contributed by atoms with Gasteiger partial charge in [-0.2, -0.15) is 0 Å². The van der Waals surface area contributed by atoms with Crippen LogP contribution in [0.25, 0.3) is 10.4 Å². The number of hydrogen-bond acceptors (Lipinski definition) is 4. The quantitative estimate of drug-likeness (QED) is 0.860. The highest BCUT2D eigenvalue weighted by atomic mass is 79.9. The van der Waals surface area contributed by atoms with Gasteiger partial charge in [0.15, 0.2) is 0 Å². The second kappa shape index (κ2) is 6.32. The number of benzene rings is 1. The average Bonchev–Trinajstić information content (AvgIpc) is 2.80. The molecule has 1 aromatic carbocycles. The number of carbonyl (C=O) groups is 1. The van der Waals surface area contributed by atoms with Crippen LogP contribution in [0.4, 0.5) is 0 Å². The maximum Gasteiger partial charge on any atom is 0.338 e. The molecule has 1 aromatic heterocycles. The van der Waals surface area contributed by atoms with Crippen molar-refractivity contribution >= 4 is 33.2 Å². The van der Waals surface area contributed by atoms with Crippen molar-refractivity contribution in [3.63, 3.8) is 0 Å². The number of carbonyl (C=O) groups excluding carboxylic acids is 1. The van der Waals surface area contributed by atoms with E-state index >= 15 is 0 Å². The lowest BCUT2D eigenvalue weighted by atomic mass is 10.1. The van der Waals surface area contributed by atoms with Crippen LogP contribution in [-0.2, 0) is 11.3 Å². The Balaban J connectivity index is 2.29. The van der Waals surface area contributed by atoms with Crippen LogP contribution in [0.3, 0.4) is 0 Å². The fourth-order valence-corrected chi connectivity index (χ4v) is 3.40. The third-order valence-electron chi connectivity index (χ3n) is 2.61. The SMILES string of the molecule is CCOC(=O)c1ccc(-c2sc(Br)cc2CO)cc1. The molecule has 0 saturated carbocycles. The Morgan fingerprint density at radius 3 is 2.63 bits per heavy atom. The molecule has 0 unspecified atom stereocenters. The summed E-state index contributed by atoms with van der Waals surface area (Å²) in [6.07, 6.45) is 0. The van der Waals surface area contributed by atoms with Gasteiger partial charge < -0.3 is 9.84 Å². The molecule has 1 heterocycles. The van der Waals surface area contributed by atoms with Crippen LogP contribution in [0.2, 0.25) is 0 Å². The van der Waals surface area contributed by atoms with Gasteiger partial charge in [0.1, 0.15) is 0 Å². The highest BCUT2D eigenvalue weighted by Crippen LogP contribution is 2.35. The zero-order chi connectivity index (χ0) is 13.8. The lowest BCUT2D eigenvalue weighted by Gasteiger charge is -2.04. The number of ether oxygens (including phenoxy) is 1. The van der Waals surface area contributed by atoms with E-state index in [-0.39, 0.29) is 12.6 Å². The number of esters is 1. The van der Waals surface area contributed by atoms with E-state index in [0.29, 0.717) is 12.2 Å². The first-order valence-electron chi connectivity index (χ1n) is 5.82. The molecule has 0 bridgehead atoms. The van der Waals surface area contributed by atoms with Crippen LogP contribution in [0.1, 0.15) is 22.8 Å². The molecule has 0 amide bonds. The van der Waals surface area contributed by atoms with E-state index in [1.165, 1.54) is 0 Å². The van der Waals surface area contributed by atoms with Gasteiger partial charge >= 0.3 is 5.97 Å². The maximum atomic E-state index is 11.6. The third-order valence-corrected chi connectivity index (χ3v) is 4.34. The predicted molar refractivity (Wildman–Crippen MR) is 79.3 cm³/mol. The molecule has 0 fully saturated rings. The van der Waals surface area contributed by atoms with Gasteiger partial charge in [0.25, 0.3) is 0 Å². The zero-order valence-electron chi connectivity index (χ0n) is 10.4. The number of aliphatic hydroxyl groups excluding tert-OH is 1. The fourth-order valence-electron chi connectivity index (χ4n) is 1.73. The van der Waals surface area contributed by atoms with Gasteiger partial charge in [0.05, 0.1) is 22.6 Å². The second-order valence-electron chi connectivity index (χ2n) is 3.86. The smallest absolute Gasteiger partial charge is 0.338 e. The van der Waals surface area contributed by atoms with E-state index in [1.54, 1.807) is 30.4 Å². The number of rotatable bonds is 4. The van der Waals surface area contributed by atoms with Gasteiger partial charge in [-0.1, -0.05) is 12.1 Å². The first-order chi connectivity index (χ1) is 9.15. The number of hydrogen-bond donors (Lipinski definition) is 1. The molecular weight excluding hydrogens is 328 g/mol. The number of halogens is 1. The average molecular weight is 341 g/mol. The molecule has 0 aliphatic carbocycles. The summed E-state index contributed by atoms with van der Waals surface area (Å²) >= 11 is 4.97. The highest BCUT2D eigenvalue weighted by molar-refractivity contribution is 9.11. The molecule has 0 aliphatic rings. The topological polar surface area (TPSA) is 46.5 Å². The molecule has 100 valence electrons. The molecule has 0 saturated heterocycles. The molecule has 0 radical (unpaired) electrons. The Hall–Kier alpha value is -1.17. The molecular formula is C14H13BrO3S. The standard InChI is InChI=1S/C14H13BrO3S/c1-2-18-14(17)10-5-3-9(4-6-10)13-11(8-16)7-12(15)19-13/h3-7,16H,2,8H2,1H3. The van der Waals surface area contributed by atoms with Crippen LogP contribution in [-0.4, -0.2) is 17.7 Å². The maximum absolute atomic E-state index is 11.6. The molecule has 0 atom stereocenters. The molecule has 1 N–H and O–H groups in total.